The second kappa shape index (κ2) is 6.45. The summed E-state index contributed by atoms with van der Waals surface area (Å²) in [5.41, 5.74) is 2.97. The van der Waals surface area contributed by atoms with Crippen LogP contribution in [0.25, 0.3) is 0 Å². The molecule has 4 rings (SSSR count). The van der Waals surface area contributed by atoms with Crippen LogP contribution in [0.1, 0.15) is 30.3 Å². The number of thiazole rings is 1. The van der Waals surface area contributed by atoms with Crippen LogP contribution in [0, 0.1) is 0 Å². The predicted octanol–water partition coefficient (Wildman–Crippen LogP) is 2.56. The van der Waals surface area contributed by atoms with E-state index in [1.165, 1.54) is 0 Å². The molecule has 0 radical (unpaired) electrons. The van der Waals surface area contributed by atoms with Gasteiger partial charge < -0.3 is 9.47 Å². The van der Waals surface area contributed by atoms with E-state index in [1.807, 2.05) is 17.9 Å². The molecular formula is C16H18N6S. The smallest absolute Gasteiger partial charge is 0.147 e. The number of nitrogens with zero attached hydrogens (tertiary/aromatic N) is 6. The van der Waals surface area contributed by atoms with E-state index in [-0.39, 0.29) is 0 Å². The zero-order valence-electron chi connectivity index (χ0n) is 12.7. The molecule has 3 aromatic heterocycles. The summed E-state index contributed by atoms with van der Waals surface area (Å²) in [6, 6.07) is 0. The maximum absolute atomic E-state index is 4.62. The molecule has 1 aliphatic heterocycles. The van der Waals surface area contributed by atoms with Gasteiger partial charge in [0.25, 0.3) is 0 Å². The largest absolute Gasteiger partial charge is 0.355 e. The fraction of sp³-hybridized carbons (Fsp3) is 0.375. The summed E-state index contributed by atoms with van der Waals surface area (Å²) >= 11 is 1.63. The van der Waals surface area contributed by atoms with Gasteiger partial charge in [0.15, 0.2) is 0 Å². The van der Waals surface area contributed by atoms with Gasteiger partial charge in [0.2, 0.25) is 0 Å². The Morgan fingerprint density at radius 3 is 3.00 bits per heavy atom. The molecule has 1 aliphatic rings. The number of imidazole rings is 1. The molecule has 3 aromatic rings. The average Bonchev–Trinajstić information content (AvgIpc) is 3.28. The number of rotatable bonds is 4. The molecule has 1 saturated heterocycles. The van der Waals surface area contributed by atoms with Crippen molar-refractivity contribution in [1.82, 2.24) is 24.5 Å². The molecule has 0 spiro atoms. The highest BCUT2D eigenvalue weighted by Gasteiger charge is 2.25. The van der Waals surface area contributed by atoms with Crippen molar-refractivity contribution in [3.63, 3.8) is 0 Å². The molecule has 0 aromatic carbocycles. The van der Waals surface area contributed by atoms with Gasteiger partial charge in [-0.25, -0.2) is 15.0 Å². The van der Waals surface area contributed by atoms with Crippen LogP contribution in [-0.4, -0.2) is 37.6 Å². The van der Waals surface area contributed by atoms with Crippen molar-refractivity contribution in [2.24, 2.45) is 0 Å². The van der Waals surface area contributed by atoms with Gasteiger partial charge in [-0.2, -0.15) is 0 Å². The molecule has 6 nitrogen and oxygen atoms in total. The first-order valence-electron chi connectivity index (χ1n) is 7.79. The summed E-state index contributed by atoms with van der Waals surface area (Å²) in [7, 11) is 0. The molecule has 1 fully saturated rings. The topological polar surface area (TPSA) is 59.7 Å². The van der Waals surface area contributed by atoms with Crippen molar-refractivity contribution >= 4 is 17.2 Å². The Hall–Kier alpha value is -2.28. The Bertz CT molecular complexity index is 739. The molecule has 0 aliphatic carbocycles. The summed E-state index contributed by atoms with van der Waals surface area (Å²) in [5.74, 6) is 2.51. The third-order valence-corrected chi connectivity index (χ3v) is 4.86. The van der Waals surface area contributed by atoms with Gasteiger partial charge in [-0.1, -0.05) is 0 Å². The molecule has 0 N–H and O–H groups in total. The Balaban J connectivity index is 1.53. The second-order valence-electron chi connectivity index (χ2n) is 5.74. The van der Waals surface area contributed by atoms with Crippen molar-refractivity contribution < 1.29 is 0 Å². The van der Waals surface area contributed by atoms with E-state index in [9.17, 15) is 0 Å². The van der Waals surface area contributed by atoms with E-state index < -0.39 is 0 Å². The third-order valence-electron chi connectivity index (χ3n) is 4.22. The maximum atomic E-state index is 4.62. The van der Waals surface area contributed by atoms with Gasteiger partial charge >= 0.3 is 0 Å². The fourth-order valence-corrected chi connectivity index (χ4v) is 3.70. The quantitative estimate of drug-likeness (QED) is 0.737. The van der Waals surface area contributed by atoms with Crippen molar-refractivity contribution in [3.8, 4) is 0 Å². The normalized spacial score (nSPS) is 18.3. The minimum atomic E-state index is 0.416. The highest BCUT2D eigenvalue weighted by molar-refractivity contribution is 7.07. The SMILES string of the molecule is c1cnc(N2CCCC(c3nccn3Cc3cscn3)C2)cn1. The zero-order chi connectivity index (χ0) is 15.5. The molecule has 23 heavy (non-hydrogen) atoms. The highest BCUT2D eigenvalue weighted by atomic mass is 32.1. The van der Waals surface area contributed by atoms with E-state index in [0.717, 1.165) is 49.8 Å². The molecule has 118 valence electrons. The lowest BCUT2D eigenvalue weighted by Gasteiger charge is -2.33. The summed E-state index contributed by atoms with van der Waals surface area (Å²) in [6.45, 7) is 2.76. The number of hydrogen-bond acceptors (Lipinski definition) is 6. The van der Waals surface area contributed by atoms with Gasteiger partial charge in [-0.15, -0.1) is 11.3 Å². The van der Waals surface area contributed by atoms with Gasteiger partial charge in [-0.3, -0.25) is 4.98 Å². The summed E-state index contributed by atoms with van der Waals surface area (Å²) < 4.78 is 2.22. The van der Waals surface area contributed by atoms with Gasteiger partial charge in [0.05, 0.1) is 23.9 Å². The standard InChI is InChI=1S/C16H18N6S/c1-2-13(9-21(6-1)15-8-17-3-4-18-15)16-19-5-7-22(16)10-14-11-23-12-20-14/h3-5,7-8,11-13H,1-2,6,9-10H2. The van der Waals surface area contributed by atoms with E-state index in [1.54, 1.807) is 23.7 Å². The number of hydrogen-bond donors (Lipinski definition) is 0. The van der Waals surface area contributed by atoms with Crippen molar-refractivity contribution in [3.05, 3.63) is 53.4 Å². The number of piperidine rings is 1. The molecule has 7 heteroatoms. The molecule has 0 amide bonds. The Labute approximate surface area is 138 Å². The Morgan fingerprint density at radius 2 is 2.17 bits per heavy atom. The van der Waals surface area contributed by atoms with Crippen molar-refractivity contribution in [1.29, 1.82) is 0 Å². The second-order valence-corrected chi connectivity index (χ2v) is 6.46. The Morgan fingerprint density at radius 1 is 1.17 bits per heavy atom. The van der Waals surface area contributed by atoms with Crippen LogP contribution in [-0.2, 0) is 6.54 Å². The van der Waals surface area contributed by atoms with Crippen LogP contribution in [0.2, 0.25) is 0 Å². The average molecular weight is 326 g/mol. The highest BCUT2D eigenvalue weighted by Crippen LogP contribution is 2.28. The van der Waals surface area contributed by atoms with Crippen LogP contribution in [0.4, 0.5) is 5.82 Å². The molecule has 1 atom stereocenters. The maximum Gasteiger partial charge on any atom is 0.147 e. The van der Waals surface area contributed by atoms with Crippen molar-refractivity contribution in [2.75, 3.05) is 18.0 Å². The Kier molecular flexibility index (Phi) is 4.02. The predicted molar refractivity (Wildman–Crippen MR) is 89.7 cm³/mol. The van der Waals surface area contributed by atoms with Gasteiger partial charge in [0.1, 0.15) is 11.6 Å². The first-order chi connectivity index (χ1) is 11.4. The molecule has 0 saturated carbocycles. The molecule has 0 bridgehead atoms. The summed E-state index contributed by atoms with van der Waals surface area (Å²) in [6.07, 6.45) is 11.5. The minimum Gasteiger partial charge on any atom is -0.355 e. The van der Waals surface area contributed by atoms with Gasteiger partial charge in [0, 0.05) is 49.2 Å². The van der Waals surface area contributed by atoms with Crippen LogP contribution in [0.15, 0.2) is 41.9 Å². The minimum absolute atomic E-state index is 0.416. The van der Waals surface area contributed by atoms with Crippen LogP contribution >= 0.6 is 11.3 Å². The summed E-state index contributed by atoms with van der Waals surface area (Å²) in [4.78, 5) is 19.9. The number of anilines is 1. The first-order valence-corrected chi connectivity index (χ1v) is 8.73. The lowest BCUT2D eigenvalue weighted by Crippen LogP contribution is -2.36. The molecule has 1 unspecified atom stereocenters. The zero-order valence-corrected chi connectivity index (χ0v) is 13.6. The van der Waals surface area contributed by atoms with Crippen LogP contribution < -0.4 is 4.90 Å². The number of aromatic nitrogens is 5. The monoisotopic (exact) mass is 326 g/mol. The van der Waals surface area contributed by atoms with E-state index in [0.29, 0.717) is 5.92 Å². The molecular weight excluding hydrogens is 308 g/mol. The van der Waals surface area contributed by atoms with Gasteiger partial charge in [-0.05, 0) is 12.8 Å². The van der Waals surface area contributed by atoms with Crippen LogP contribution in [0.3, 0.4) is 0 Å². The van der Waals surface area contributed by atoms with E-state index in [4.69, 9.17) is 0 Å². The summed E-state index contributed by atoms with van der Waals surface area (Å²) in [5, 5.41) is 2.09. The lowest BCUT2D eigenvalue weighted by molar-refractivity contribution is 0.473. The first kappa shape index (κ1) is 14.3. The van der Waals surface area contributed by atoms with Crippen molar-refractivity contribution in [2.45, 2.75) is 25.3 Å². The van der Waals surface area contributed by atoms with Crippen LogP contribution in [0.5, 0.6) is 0 Å². The molecule has 4 heterocycles. The van der Waals surface area contributed by atoms with E-state index in [2.05, 4.69) is 41.0 Å². The van der Waals surface area contributed by atoms with E-state index >= 15 is 0 Å². The lowest BCUT2D eigenvalue weighted by atomic mass is 9.97. The fourth-order valence-electron chi connectivity index (χ4n) is 3.15. The third kappa shape index (κ3) is 3.10.